The van der Waals surface area contributed by atoms with Crippen LogP contribution in [0.4, 0.5) is 0 Å². The molecule has 0 bridgehead atoms. The Morgan fingerprint density at radius 3 is 2.43 bits per heavy atom. The molecular weight excluding hydrogens is 448 g/mol. The number of nitrogens with one attached hydrogen (secondary N) is 1. The summed E-state index contributed by atoms with van der Waals surface area (Å²) in [6, 6.07) is 7.41. The summed E-state index contributed by atoms with van der Waals surface area (Å²) in [5.41, 5.74) is 3.48. The molecule has 1 saturated carbocycles. The molecule has 5 rings (SSSR count). The Morgan fingerprint density at radius 2 is 1.74 bits per heavy atom. The average molecular weight is 475 g/mol. The number of aliphatic carboxylic acids is 1. The summed E-state index contributed by atoms with van der Waals surface area (Å²) in [4.78, 5) is 36.4. The number of nitrogens with zero attached hydrogens (tertiary/aromatic N) is 5. The Labute approximate surface area is 201 Å². The van der Waals surface area contributed by atoms with E-state index in [9.17, 15) is 4.79 Å². The van der Waals surface area contributed by atoms with Gasteiger partial charge in [-0.3, -0.25) is 9.78 Å². The van der Waals surface area contributed by atoms with Crippen molar-refractivity contribution in [3.8, 4) is 34.5 Å². The van der Waals surface area contributed by atoms with E-state index >= 15 is 0 Å². The van der Waals surface area contributed by atoms with Gasteiger partial charge >= 0.3 is 5.97 Å². The maximum Gasteiger partial charge on any atom is 0.303 e. The highest BCUT2D eigenvalue weighted by molar-refractivity contribution is 5.75. The van der Waals surface area contributed by atoms with Crippen LogP contribution in [-0.4, -0.2) is 53.7 Å². The Kier molecular flexibility index (Phi) is 6.51. The van der Waals surface area contributed by atoms with Crippen molar-refractivity contribution in [2.75, 3.05) is 6.61 Å². The number of imidazole rings is 1. The second-order valence-electron chi connectivity index (χ2n) is 8.57. The molecule has 180 valence electrons. The summed E-state index contributed by atoms with van der Waals surface area (Å²) < 4.78 is 11.4. The summed E-state index contributed by atoms with van der Waals surface area (Å²) in [6.45, 7) is 2.45. The van der Waals surface area contributed by atoms with Gasteiger partial charge in [-0.25, -0.2) is 15.0 Å². The van der Waals surface area contributed by atoms with Gasteiger partial charge in [0, 0.05) is 30.3 Å². The molecule has 35 heavy (non-hydrogen) atoms. The first-order valence-corrected chi connectivity index (χ1v) is 11.7. The number of ether oxygens (including phenoxy) is 2. The van der Waals surface area contributed by atoms with Gasteiger partial charge in [-0.1, -0.05) is 0 Å². The van der Waals surface area contributed by atoms with Gasteiger partial charge in [0.25, 0.3) is 0 Å². The lowest BCUT2D eigenvalue weighted by Gasteiger charge is -2.27. The monoisotopic (exact) mass is 474 g/mol. The van der Waals surface area contributed by atoms with E-state index in [-0.39, 0.29) is 18.4 Å². The molecule has 0 atom stereocenters. The van der Waals surface area contributed by atoms with Crippen LogP contribution in [-0.2, 0) is 4.79 Å². The minimum Gasteiger partial charge on any atom is -0.481 e. The molecule has 4 aromatic rings. The average Bonchev–Trinajstić information content (AvgIpc) is 3.29. The van der Waals surface area contributed by atoms with Crippen LogP contribution >= 0.6 is 0 Å². The molecule has 0 radical (unpaired) electrons. The predicted molar refractivity (Wildman–Crippen MR) is 128 cm³/mol. The molecule has 1 aliphatic rings. The number of hydrogen-bond donors (Lipinski definition) is 2. The molecule has 0 amide bonds. The lowest BCUT2D eigenvalue weighted by molar-refractivity contribution is -0.138. The molecule has 10 heteroatoms. The SMILES string of the molecule is CCOc1ccc2[nH]c(-c3cnc(-c4ccc(O[C@H]5CC[C@H](CC(=O)O)CC5)nc4)cn3)nc2n1. The molecule has 0 unspecified atom stereocenters. The van der Waals surface area contributed by atoms with E-state index < -0.39 is 5.97 Å². The first kappa shape index (κ1) is 22.7. The maximum atomic E-state index is 10.9. The number of carbonyl (C=O) groups is 1. The minimum absolute atomic E-state index is 0.0698. The van der Waals surface area contributed by atoms with Gasteiger partial charge in [0.15, 0.2) is 11.5 Å². The highest BCUT2D eigenvalue weighted by atomic mass is 16.5. The number of pyridine rings is 2. The van der Waals surface area contributed by atoms with Crippen LogP contribution in [0, 0.1) is 5.92 Å². The standard InChI is InChI=1S/C25H26N6O4/c1-2-34-22-10-8-18-24(30-22)31-25(29-18)20-14-26-19(13-27-20)16-5-9-21(28-12-16)35-17-6-3-15(4-7-17)11-23(32)33/h5,8-10,12-15,17H,2-4,6-7,11H2,1H3,(H,32,33)(H,29,30,31)/t15-,17-. The van der Waals surface area contributed by atoms with E-state index in [1.165, 1.54) is 0 Å². The first-order chi connectivity index (χ1) is 17.1. The second-order valence-corrected chi connectivity index (χ2v) is 8.57. The smallest absolute Gasteiger partial charge is 0.303 e. The molecular formula is C25H26N6O4. The molecule has 4 aromatic heterocycles. The third kappa shape index (κ3) is 5.37. The van der Waals surface area contributed by atoms with E-state index in [0.717, 1.165) is 36.8 Å². The molecule has 2 N–H and O–H groups in total. The summed E-state index contributed by atoms with van der Waals surface area (Å²) in [5, 5.41) is 8.95. The van der Waals surface area contributed by atoms with Crippen molar-refractivity contribution in [1.82, 2.24) is 29.9 Å². The zero-order valence-corrected chi connectivity index (χ0v) is 19.3. The number of carboxylic acid groups (broad SMARTS) is 1. The van der Waals surface area contributed by atoms with Gasteiger partial charge in [0.05, 0.1) is 30.2 Å². The molecule has 10 nitrogen and oxygen atoms in total. The van der Waals surface area contributed by atoms with Crippen LogP contribution in [0.2, 0.25) is 0 Å². The Balaban J connectivity index is 1.22. The van der Waals surface area contributed by atoms with E-state index in [2.05, 4.69) is 29.9 Å². The lowest BCUT2D eigenvalue weighted by Crippen LogP contribution is -2.25. The van der Waals surface area contributed by atoms with Crippen LogP contribution in [0.5, 0.6) is 11.8 Å². The lowest BCUT2D eigenvalue weighted by atomic mass is 9.85. The predicted octanol–water partition coefficient (Wildman–Crippen LogP) is 4.29. The van der Waals surface area contributed by atoms with Crippen LogP contribution < -0.4 is 9.47 Å². The number of aromatic nitrogens is 6. The molecule has 0 spiro atoms. The Bertz CT molecular complexity index is 1300. The van der Waals surface area contributed by atoms with Crippen molar-refractivity contribution in [1.29, 1.82) is 0 Å². The topological polar surface area (TPSA) is 136 Å². The molecule has 0 aliphatic heterocycles. The fourth-order valence-corrected chi connectivity index (χ4v) is 4.30. The minimum atomic E-state index is -0.728. The van der Waals surface area contributed by atoms with Gasteiger partial charge in [-0.2, -0.15) is 4.98 Å². The van der Waals surface area contributed by atoms with E-state index in [0.29, 0.717) is 41.2 Å². The third-order valence-corrected chi connectivity index (χ3v) is 6.08. The van der Waals surface area contributed by atoms with Crippen molar-refractivity contribution in [3.05, 3.63) is 42.9 Å². The van der Waals surface area contributed by atoms with Crippen molar-refractivity contribution < 1.29 is 19.4 Å². The number of hydrogen-bond acceptors (Lipinski definition) is 8. The van der Waals surface area contributed by atoms with Crippen molar-refractivity contribution in [3.63, 3.8) is 0 Å². The van der Waals surface area contributed by atoms with Gasteiger partial charge in [-0.05, 0) is 50.7 Å². The maximum absolute atomic E-state index is 10.9. The van der Waals surface area contributed by atoms with Gasteiger partial charge in [-0.15, -0.1) is 0 Å². The van der Waals surface area contributed by atoms with Crippen LogP contribution in [0.15, 0.2) is 42.9 Å². The first-order valence-electron chi connectivity index (χ1n) is 11.7. The Hall–Kier alpha value is -4.08. The normalized spacial score (nSPS) is 17.9. The van der Waals surface area contributed by atoms with Gasteiger partial charge in [0.2, 0.25) is 11.8 Å². The van der Waals surface area contributed by atoms with Gasteiger partial charge in [0.1, 0.15) is 11.8 Å². The number of carboxylic acids is 1. The number of H-pyrrole nitrogens is 1. The van der Waals surface area contributed by atoms with Crippen molar-refractivity contribution >= 4 is 17.1 Å². The number of rotatable bonds is 8. The summed E-state index contributed by atoms with van der Waals surface area (Å²) in [7, 11) is 0. The van der Waals surface area contributed by atoms with E-state index in [1.54, 1.807) is 24.7 Å². The number of fused-ring (bicyclic) bond motifs is 1. The highest BCUT2D eigenvalue weighted by Crippen LogP contribution is 2.29. The van der Waals surface area contributed by atoms with E-state index in [1.807, 2.05) is 25.1 Å². The fourth-order valence-electron chi connectivity index (χ4n) is 4.30. The molecule has 4 heterocycles. The molecule has 0 saturated heterocycles. The van der Waals surface area contributed by atoms with Crippen molar-refractivity contribution in [2.24, 2.45) is 5.92 Å². The van der Waals surface area contributed by atoms with Gasteiger partial charge < -0.3 is 19.6 Å². The van der Waals surface area contributed by atoms with E-state index in [4.69, 9.17) is 14.6 Å². The third-order valence-electron chi connectivity index (χ3n) is 6.08. The zero-order chi connectivity index (χ0) is 24.2. The fraction of sp³-hybridized carbons (Fsp3) is 0.360. The quantitative estimate of drug-likeness (QED) is 0.383. The zero-order valence-electron chi connectivity index (χ0n) is 19.3. The van der Waals surface area contributed by atoms with Crippen molar-refractivity contribution in [2.45, 2.75) is 45.1 Å². The largest absolute Gasteiger partial charge is 0.481 e. The molecule has 1 aliphatic carbocycles. The van der Waals surface area contributed by atoms with Crippen LogP contribution in [0.3, 0.4) is 0 Å². The Morgan fingerprint density at radius 1 is 0.971 bits per heavy atom. The molecule has 1 fully saturated rings. The summed E-state index contributed by atoms with van der Waals surface area (Å²) in [6.07, 6.45) is 8.80. The van der Waals surface area contributed by atoms with Crippen LogP contribution in [0.1, 0.15) is 39.0 Å². The highest BCUT2D eigenvalue weighted by Gasteiger charge is 2.24. The summed E-state index contributed by atoms with van der Waals surface area (Å²) >= 11 is 0. The number of aromatic amines is 1. The summed E-state index contributed by atoms with van der Waals surface area (Å²) in [5.74, 6) is 1.19. The van der Waals surface area contributed by atoms with Crippen LogP contribution in [0.25, 0.3) is 33.9 Å². The second kappa shape index (κ2) is 10.0. The molecule has 0 aromatic carbocycles.